The third-order valence-corrected chi connectivity index (χ3v) is 3.97. The smallest absolute Gasteiger partial charge is 0.254 e. The third kappa shape index (κ3) is 5.46. The molecule has 0 spiro atoms. The highest BCUT2D eigenvalue weighted by molar-refractivity contribution is 9.12. The van der Waals surface area contributed by atoms with Crippen LogP contribution in [0.15, 0.2) is 15.6 Å². The number of halogens is 4. The molecule has 2 atom stereocenters. The SMILES string of the molecule is C/C=C(/Br)C=NC(C)NNC(=O)C(CC)(CCl)C(F)F. The minimum atomic E-state index is -2.83. The molecular formula is C12H19BrClF2N3O. The first-order chi connectivity index (χ1) is 9.33. The summed E-state index contributed by atoms with van der Waals surface area (Å²) in [5.74, 6) is -1.28. The second kappa shape index (κ2) is 9.41. The zero-order valence-electron chi connectivity index (χ0n) is 11.6. The van der Waals surface area contributed by atoms with Gasteiger partial charge in [0, 0.05) is 16.6 Å². The van der Waals surface area contributed by atoms with E-state index in [-0.39, 0.29) is 6.42 Å². The Morgan fingerprint density at radius 1 is 1.55 bits per heavy atom. The molecule has 0 saturated carbocycles. The van der Waals surface area contributed by atoms with Crippen LogP contribution in [0.1, 0.15) is 27.2 Å². The molecule has 0 aromatic carbocycles. The predicted molar refractivity (Wildman–Crippen MR) is 81.4 cm³/mol. The first-order valence-corrected chi connectivity index (χ1v) is 7.41. The van der Waals surface area contributed by atoms with E-state index >= 15 is 0 Å². The number of amides is 1. The number of allylic oxidation sites excluding steroid dienone is 2. The van der Waals surface area contributed by atoms with Crippen LogP contribution in [-0.4, -0.2) is 30.6 Å². The lowest BCUT2D eigenvalue weighted by atomic mass is 9.87. The summed E-state index contributed by atoms with van der Waals surface area (Å²) in [5, 5.41) is 0. The molecule has 0 saturated heterocycles. The summed E-state index contributed by atoms with van der Waals surface area (Å²) in [6, 6.07) is 0. The zero-order valence-corrected chi connectivity index (χ0v) is 13.9. The van der Waals surface area contributed by atoms with E-state index in [1.807, 2.05) is 6.92 Å². The van der Waals surface area contributed by atoms with Crippen LogP contribution in [0.2, 0.25) is 0 Å². The second-order valence-corrected chi connectivity index (χ2v) is 5.35. The summed E-state index contributed by atoms with van der Waals surface area (Å²) in [6.45, 7) is 5.00. The van der Waals surface area contributed by atoms with E-state index in [4.69, 9.17) is 11.6 Å². The van der Waals surface area contributed by atoms with Crippen molar-refractivity contribution >= 4 is 39.7 Å². The Hall–Kier alpha value is -0.530. The highest BCUT2D eigenvalue weighted by Crippen LogP contribution is 2.31. The summed E-state index contributed by atoms with van der Waals surface area (Å²) < 4.78 is 26.8. The number of hydrogen-bond acceptors (Lipinski definition) is 3. The van der Waals surface area contributed by atoms with Crippen LogP contribution < -0.4 is 10.9 Å². The van der Waals surface area contributed by atoms with Crippen LogP contribution in [-0.2, 0) is 4.79 Å². The van der Waals surface area contributed by atoms with Gasteiger partial charge in [0.25, 0.3) is 6.43 Å². The molecule has 0 aliphatic rings. The maximum atomic E-state index is 13.0. The minimum absolute atomic E-state index is 0.0521. The van der Waals surface area contributed by atoms with E-state index < -0.39 is 29.8 Å². The molecule has 0 aromatic heterocycles. The van der Waals surface area contributed by atoms with Crippen molar-refractivity contribution in [2.24, 2.45) is 10.4 Å². The Balaban J connectivity index is 4.58. The van der Waals surface area contributed by atoms with Crippen molar-refractivity contribution in [3.63, 3.8) is 0 Å². The number of hydrogen-bond donors (Lipinski definition) is 2. The number of nitrogens with one attached hydrogen (secondary N) is 2. The molecule has 0 aliphatic carbocycles. The van der Waals surface area contributed by atoms with Crippen molar-refractivity contribution in [2.45, 2.75) is 39.8 Å². The van der Waals surface area contributed by atoms with Gasteiger partial charge in [0.1, 0.15) is 11.6 Å². The van der Waals surface area contributed by atoms with Crippen LogP contribution in [0.5, 0.6) is 0 Å². The molecule has 0 aliphatic heterocycles. The van der Waals surface area contributed by atoms with Crippen LogP contribution in [0, 0.1) is 5.41 Å². The molecular weight excluding hydrogens is 356 g/mol. The number of nitrogens with zero attached hydrogens (tertiary/aromatic N) is 1. The van der Waals surface area contributed by atoms with Gasteiger partial charge in [0.05, 0.1) is 0 Å². The molecule has 1 amide bonds. The van der Waals surface area contributed by atoms with Gasteiger partial charge in [-0.3, -0.25) is 15.2 Å². The summed E-state index contributed by atoms with van der Waals surface area (Å²) in [4.78, 5) is 15.9. The maximum Gasteiger partial charge on any atom is 0.254 e. The van der Waals surface area contributed by atoms with E-state index in [0.29, 0.717) is 0 Å². The summed E-state index contributed by atoms with van der Waals surface area (Å²) in [6.07, 6.45) is -0.00674. The molecule has 20 heavy (non-hydrogen) atoms. The quantitative estimate of drug-likeness (QED) is 0.389. The average molecular weight is 375 g/mol. The molecule has 2 N–H and O–H groups in total. The standard InChI is InChI=1S/C12H19BrClF2N3O/c1-4-9(13)6-17-8(3)18-19-11(20)12(5-2,7-14)10(15)16/h4,6,8,10,18H,5,7H2,1-3H3,(H,19,20)/b9-4+,17-6?. The molecule has 0 bridgehead atoms. The number of carbonyl (C=O) groups is 1. The number of alkyl halides is 3. The van der Waals surface area contributed by atoms with Crippen molar-refractivity contribution in [3.05, 3.63) is 10.6 Å². The van der Waals surface area contributed by atoms with Gasteiger partial charge in [0.15, 0.2) is 0 Å². The fourth-order valence-electron chi connectivity index (χ4n) is 1.22. The normalized spacial score (nSPS) is 17.3. The molecule has 0 aromatic rings. The maximum absolute atomic E-state index is 13.0. The Labute approximate surface area is 131 Å². The van der Waals surface area contributed by atoms with Crippen LogP contribution >= 0.6 is 27.5 Å². The highest BCUT2D eigenvalue weighted by atomic mass is 79.9. The Morgan fingerprint density at radius 3 is 2.55 bits per heavy atom. The Morgan fingerprint density at radius 2 is 2.15 bits per heavy atom. The fourth-order valence-corrected chi connectivity index (χ4v) is 1.76. The van der Waals surface area contributed by atoms with Gasteiger partial charge in [-0.15, -0.1) is 11.6 Å². The highest BCUT2D eigenvalue weighted by Gasteiger charge is 2.45. The molecule has 2 unspecified atom stereocenters. The van der Waals surface area contributed by atoms with Gasteiger partial charge in [-0.1, -0.05) is 13.0 Å². The fraction of sp³-hybridized carbons (Fsp3) is 0.667. The van der Waals surface area contributed by atoms with Crippen molar-refractivity contribution in [1.29, 1.82) is 0 Å². The monoisotopic (exact) mass is 373 g/mol. The molecule has 0 fully saturated rings. The third-order valence-electron chi connectivity index (χ3n) is 2.83. The Kier molecular flexibility index (Phi) is 9.16. The first-order valence-electron chi connectivity index (χ1n) is 6.09. The van der Waals surface area contributed by atoms with Crippen LogP contribution in [0.4, 0.5) is 8.78 Å². The van der Waals surface area contributed by atoms with Crippen LogP contribution in [0.3, 0.4) is 0 Å². The van der Waals surface area contributed by atoms with Gasteiger partial charge in [-0.25, -0.2) is 14.2 Å². The lowest BCUT2D eigenvalue weighted by molar-refractivity contribution is -0.140. The minimum Gasteiger partial charge on any atom is -0.289 e. The molecule has 0 radical (unpaired) electrons. The molecule has 8 heteroatoms. The van der Waals surface area contributed by atoms with E-state index in [2.05, 4.69) is 31.8 Å². The van der Waals surface area contributed by atoms with Gasteiger partial charge < -0.3 is 0 Å². The van der Waals surface area contributed by atoms with E-state index in [1.54, 1.807) is 19.2 Å². The molecule has 4 nitrogen and oxygen atoms in total. The number of carbonyl (C=O) groups excluding carboxylic acids is 1. The first kappa shape index (κ1) is 19.5. The topological polar surface area (TPSA) is 53.5 Å². The summed E-state index contributed by atoms with van der Waals surface area (Å²) >= 11 is 8.78. The number of aliphatic imine (C=N–C) groups is 1. The van der Waals surface area contributed by atoms with Crippen molar-refractivity contribution in [3.8, 4) is 0 Å². The molecule has 0 rings (SSSR count). The van der Waals surface area contributed by atoms with E-state index in [0.717, 1.165) is 4.48 Å². The second-order valence-electron chi connectivity index (χ2n) is 4.17. The summed E-state index contributed by atoms with van der Waals surface area (Å²) in [7, 11) is 0. The molecule has 116 valence electrons. The molecule has 0 heterocycles. The predicted octanol–water partition coefficient (Wildman–Crippen LogP) is 3.22. The zero-order chi connectivity index (χ0) is 15.8. The Bertz CT molecular complexity index is 374. The van der Waals surface area contributed by atoms with Gasteiger partial charge in [0.2, 0.25) is 5.91 Å². The lowest BCUT2D eigenvalue weighted by Crippen LogP contribution is -2.53. The van der Waals surface area contributed by atoms with Gasteiger partial charge in [-0.05, 0) is 36.2 Å². The lowest BCUT2D eigenvalue weighted by Gasteiger charge is -2.28. The van der Waals surface area contributed by atoms with Crippen molar-refractivity contribution < 1.29 is 13.6 Å². The number of rotatable bonds is 8. The van der Waals surface area contributed by atoms with E-state index in [9.17, 15) is 13.6 Å². The van der Waals surface area contributed by atoms with Gasteiger partial charge in [-0.2, -0.15) is 0 Å². The average Bonchev–Trinajstić information content (AvgIpc) is 2.43. The summed E-state index contributed by atoms with van der Waals surface area (Å²) in [5.41, 5.74) is 2.91. The van der Waals surface area contributed by atoms with Crippen LogP contribution in [0.25, 0.3) is 0 Å². The van der Waals surface area contributed by atoms with Gasteiger partial charge >= 0.3 is 0 Å². The van der Waals surface area contributed by atoms with Crippen molar-refractivity contribution in [1.82, 2.24) is 10.9 Å². The largest absolute Gasteiger partial charge is 0.289 e. The van der Waals surface area contributed by atoms with Crippen molar-refractivity contribution in [2.75, 3.05) is 5.88 Å². The number of hydrazine groups is 1. The van der Waals surface area contributed by atoms with E-state index in [1.165, 1.54) is 6.92 Å².